The highest BCUT2D eigenvalue weighted by atomic mass is 16.5. The topological polar surface area (TPSA) is 70.0 Å². The summed E-state index contributed by atoms with van der Waals surface area (Å²) in [5.74, 6) is 0.639. The predicted molar refractivity (Wildman–Crippen MR) is 57.4 cm³/mol. The number of aliphatic hydroxyl groups excluding tert-OH is 1. The van der Waals surface area contributed by atoms with Gasteiger partial charge in [0.05, 0.1) is 18.2 Å². The van der Waals surface area contributed by atoms with E-state index in [0.717, 1.165) is 5.56 Å². The molecule has 0 saturated carbocycles. The van der Waals surface area contributed by atoms with Crippen LogP contribution in [0.5, 0.6) is 0 Å². The first-order valence-electron chi connectivity index (χ1n) is 4.90. The monoisotopic (exact) mass is 214 g/mol. The van der Waals surface area contributed by atoms with Crippen molar-refractivity contribution in [3.63, 3.8) is 0 Å². The molecule has 2 aromatic rings. The van der Waals surface area contributed by atoms with Crippen LogP contribution in [0.1, 0.15) is 11.3 Å². The van der Waals surface area contributed by atoms with Crippen LogP contribution >= 0.6 is 0 Å². The first-order chi connectivity index (χ1) is 7.83. The average molecular weight is 214 g/mol. The van der Waals surface area contributed by atoms with E-state index in [4.69, 9.17) is 14.9 Å². The molecule has 4 nitrogen and oxygen atoms in total. The molecular weight excluding hydrogens is 204 g/mol. The molecule has 0 aliphatic rings. The maximum atomic E-state index is 8.77. The van der Waals surface area contributed by atoms with E-state index in [1.54, 1.807) is 24.3 Å². The summed E-state index contributed by atoms with van der Waals surface area (Å²) >= 11 is 0. The van der Waals surface area contributed by atoms with Gasteiger partial charge < -0.3 is 9.63 Å². The second-order valence-corrected chi connectivity index (χ2v) is 3.34. The summed E-state index contributed by atoms with van der Waals surface area (Å²) in [5.41, 5.74) is 2.11. The number of hydrogen-bond acceptors (Lipinski definition) is 4. The summed E-state index contributed by atoms with van der Waals surface area (Å²) in [4.78, 5) is 0. The molecular formula is C12H10N2O2. The molecule has 80 valence electrons. The Morgan fingerprint density at radius 2 is 2.25 bits per heavy atom. The molecule has 4 heteroatoms. The van der Waals surface area contributed by atoms with Gasteiger partial charge in [-0.25, -0.2) is 0 Å². The van der Waals surface area contributed by atoms with Crippen LogP contribution in [0.2, 0.25) is 0 Å². The first-order valence-corrected chi connectivity index (χ1v) is 4.90. The Bertz CT molecular complexity index is 526. The third-order valence-electron chi connectivity index (χ3n) is 2.20. The lowest BCUT2D eigenvalue weighted by Crippen LogP contribution is -1.86. The van der Waals surface area contributed by atoms with Crippen LogP contribution < -0.4 is 0 Å². The predicted octanol–water partition coefficient (Wildman–Crippen LogP) is 1.75. The third-order valence-corrected chi connectivity index (χ3v) is 2.20. The number of nitriles is 1. The molecule has 1 N–H and O–H groups in total. The van der Waals surface area contributed by atoms with Crippen molar-refractivity contribution in [3.05, 3.63) is 41.7 Å². The molecule has 0 aliphatic heterocycles. The summed E-state index contributed by atoms with van der Waals surface area (Å²) in [6, 6.07) is 11.0. The Morgan fingerprint density at radius 3 is 3.00 bits per heavy atom. The van der Waals surface area contributed by atoms with Crippen LogP contribution in [0.25, 0.3) is 11.3 Å². The van der Waals surface area contributed by atoms with Gasteiger partial charge in [0, 0.05) is 18.1 Å². The van der Waals surface area contributed by atoms with Gasteiger partial charge in [0.25, 0.3) is 0 Å². The van der Waals surface area contributed by atoms with Gasteiger partial charge in [-0.15, -0.1) is 0 Å². The maximum absolute atomic E-state index is 8.77. The molecule has 0 unspecified atom stereocenters. The number of rotatable bonds is 3. The molecule has 0 fully saturated rings. The summed E-state index contributed by atoms with van der Waals surface area (Å²) < 4.78 is 5.04. The Labute approximate surface area is 92.7 Å². The molecule has 2 rings (SSSR count). The molecule has 0 saturated heterocycles. The Morgan fingerprint density at radius 1 is 1.38 bits per heavy atom. The van der Waals surface area contributed by atoms with E-state index in [1.165, 1.54) is 0 Å². The van der Waals surface area contributed by atoms with E-state index in [0.29, 0.717) is 23.4 Å². The zero-order chi connectivity index (χ0) is 11.4. The van der Waals surface area contributed by atoms with Gasteiger partial charge in [0.1, 0.15) is 11.5 Å². The molecule has 0 aliphatic carbocycles. The van der Waals surface area contributed by atoms with Gasteiger partial charge in [-0.2, -0.15) is 5.26 Å². The summed E-state index contributed by atoms with van der Waals surface area (Å²) in [7, 11) is 0. The number of aromatic nitrogens is 1. The van der Waals surface area contributed by atoms with Crippen LogP contribution in [0, 0.1) is 11.3 Å². The van der Waals surface area contributed by atoms with Crippen molar-refractivity contribution in [1.29, 1.82) is 5.26 Å². The minimum atomic E-state index is 0.0346. The van der Waals surface area contributed by atoms with Crippen molar-refractivity contribution in [2.75, 3.05) is 6.61 Å². The summed E-state index contributed by atoms with van der Waals surface area (Å²) in [6.07, 6.45) is 0.449. The Kier molecular flexibility index (Phi) is 2.99. The summed E-state index contributed by atoms with van der Waals surface area (Å²) in [6.45, 7) is 0.0346. The lowest BCUT2D eigenvalue weighted by Gasteiger charge is -1.94. The van der Waals surface area contributed by atoms with Crippen LogP contribution in [0.3, 0.4) is 0 Å². The molecule has 0 bridgehead atoms. The van der Waals surface area contributed by atoms with E-state index in [2.05, 4.69) is 11.2 Å². The Balaban J connectivity index is 2.32. The molecule has 16 heavy (non-hydrogen) atoms. The van der Waals surface area contributed by atoms with Gasteiger partial charge in [0.2, 0.25) is 0 Å². The van der Waals surface area contributed by atoms with Gasteiger partial charge in [0.15, 0.2) is 0 Å². The third kappa shape index (κ3) is 2.10. The maximum Gasteiger partial charge on any atom is 0.139 e. The zero-order valence-electron chi connectivity index (χ0n) is 8.55. The molecule has 0 spiro atoms. The standard InChI is InChI=1S/C12H10N2O2/c13-8-9-2-1-3-10(6-9)12-7-11(4-5-15)16-14-12/h1-3,6-7,15H,4-5H2. The van der Waals surface area contributed by atoms with Gasteiger partial charge in [-0.05, 0) is 12.1 Å². The second kappa shape index (κ2) is 4.60. The van der Waals surface area contributed by atoms with Crippen LogP contribution in [-0.2, 0) is 6.42 Å². The van der Waals surface area contributed by atoms with Crippen LogP contribution in [0.4, 0.5) is 0 Å². The highest BCUT2D eigenvalue weighted by Crippen LogP contribution is 2.20. The summed E-state index contributed by atoms with van der Waals surface area (Å²) in [5, 5.41) is 21.4. The average Bonchev–Trinajstić information content (AvgIpc) is 2.78. The highest BCUT2D eigenvalue weighted by molar-refractivity contribution is 5.61. The first kappa shape index (κ1) is 10.4. The quantitative estimate of drug-likeness (QED) is 0.844. The van der Waals surface area contributed by atoms with Crippen LogP contribution in [-0.4, -0.2) is 16.9 Å². The van der Waals surface area contributed by atoms with Crippen LogP contribution in [0.15, 0.2) is 34.9 Å². The minimum absolute atomic E-state index is 0.0346. The lowest BCUT2D eigenvalue weighted by atomic mass is 10.1. The van der Waals surface area contributed by atoms with Crippen molar-refractivity contribution >= 4 is 0 Å². The second-order valence-electron chi connectivity index (χ2n) is 3.34. The number of benzene rings is 1. The van der Waals surface area contributed by atoms with Crippen molar-refractivity contribution in [3.8, 4) is 17.3 Å². The highest BCUT2D eigenvalue weighted by Gasteiger charge is 2.06. The largest absolute Gasteiger partial charge is 0.396 e. The molecule has 1 heterocycles. The zero-order valence-corrected chi connectivity index (χ0v) is 8.55. The number of nitrogens with zero attached hydrogens (tertiary/aromatic N) is 2. The normalized spacial score (nSPS) is 10.0. The van der Waals surface area contributed by atoms with Crippen molar-refractivity contribution in [1.82, 2.24) is 5.16 Å². The molecule has 1 aromatic carbocycles. The fourth-order valence-corrected chi connectivity index (χ4v) is 1.43. The molecule has 1 aromatic heterocycles. The van der Waals surface area contributed by atoms with Crippen molar-refractivity contribution in [2.24, 2.45) is 0 Å². The van der Waals surface area contributed by atoms with Gasteiger partial charge in [-0.3, -0.25) is 0 Å². The van der Waals surface area contributed by atoms with E-state index in [-0.39, 0.29) is 6.61 Å². The van der Waals surface area contributed by atoms with E-state index < -0.39 is 0 Å². The molecule has 0 amide bonds. The Hall–Kier alpha value is -2.12. The lowest BCUT2D eigenvalue weighted by molar-refractivity contribution is 0.277. The smallest absolute Gasteiger partial charge is 0.139 e. The van der Waals surface area contributed by atoms with E-state index in [1.807, 2.05) is 6.07 Å². The molecule has 0 atom stereocenters. The van der Waals surface area contributed by atoms with E-state index in [9.17, 15) is 0 Å². The fraction of sp³-hybridized carbons (Fsp3) is 0.167. The fourth-order valence-electron chi connectivity index (χ4n) is 1.43. The SMILES string of the molecule is N#Cc1cccc(-c2cc(CCO)on2)c1. The van der Waals surface area contributed by atoms with E-state index >= 15 is 0 Å². The van der Waals surface area contributed by atoms with Gasteiger partial charge in [-0.1, -0.05) is 17.3 Å². The number of hydrogen-bond donors (Lipinski definition) is 1. The molecule has 0 radical (unpaired) electrons. The van der Waals surface area contributed by atoms with Crippen molar-refractivity contribution in [2.45, 2.75) is 6.42 Å². The van der Waals surface area contributed by atoms with Gasteiger partial charge >= 0.3 is 0 Å². The minimum Gasteiger partial charge on any atom is -0.396 e. The van der Waals surface area contributed by atoms with Crippen molar-refractivity contribution < 1.29 is 9.63 Å². The number of aliphatic hydroxyl groups is 1.